The van der Waals surface area contributed by atoms with Crippen molar-refractivity contribution in [2.75, 3.05) is 0 Å². The minimum Gasteiger partial charge on any atom is -0.481 e. The van der Waals surface area contributed by atoms with E-state index in [2.05, 4.69) is 0 Å². The maximum Gasteiger partial charge on any atom is 0.305 e. The van der Waals surface area contributed by atoms with E-state index in [4.69, 9.17) is 22.4 Å². The zero-order chi connectivity index (χ0) is 17.3. The molecule has 0 aromatic heterocycles. The van der Waals surface area contributed by atoms with Crippen LogP contribution in [-0.4, -0.2) is 11.1 Å². The zero-order valence-corrected chi connectivity index (χ0v) is 14.0. The van der Waals surface area contributed by atoms with Crippen molar-refractivity contribution in [1.29, 1.82) is 0 Å². The molecule has 3 N–H and O–H groups in total. The molecule has 23 heavy (non-hydrogen) atoms. The largest absolute Gasteiger partial charge is 0.481 e. The van der Waals surface area contributed by atoms with Crippen molar-refractivity contribution < 1.29 is 14.3 Å². The fourth-order valence-corrected chi connectivity index (χ4v) is 3.20. The first-order valence-electron chi connectivity index (χ1n) is 7.25. The van der Waals surface area contributed by atoms with Gasteiger partial charge in [0, 0.05) is 16.6 Å². The number of hydrogen-bond donors (Lipinski definition) is 2. The predicted molar refractivity (Wildman–Crippen MR) is 90.2 cm³/mol. The monoisotopic (exact) mass is 335 g/mol. The van der Waals surface area contributed by atoms with Crippen LogP contribution < -0.4 is 5.73 Å². The Hall–Kier alpha value is -1.91. The van der Waals surface area contributed by atoms with Gasteiger partial charge in [0.2, 0.25) is 0 Å². The highest BCUT2D eigenvalue weighted by Crippen LogP contribution is 2.34. The van der Waals surface area contributed by atoms with Crippen molar-refractivity contribution in [3.63, 3.8) is 0 Å². The van der Waals surface area contributed by atoms with Gasteiger partial charge in [-0.2, -0.15) is 0 Å². The molecule has 2 aromatic rings. The maximum absolute atomic E-state index is 14.4. The molecular weight excluding hydrogens is 317 g/mol. The molecule has 0 saturated heterocycles. The summed E-state index contributed by atoms with van der Waals surface area (Å²) < 4.78 is 14.4. The number of halogens is 2. The van der Waals surface area contributed by atoms with E-state index in [1.54, 1.807) is 19.1 Å². The fraction of sp³-hybridized carbons (Fsp3) is 0.278. The standard InChI is InChI=1S/C18H19ClFNO2/c1-9-5-13(19)6-10(2)17(9)12-4-11(3)18(20)14(7-12)15(21)8-16(22)23/h4-7,15H,8,21H2,1-3H3,(H,22,23)/t15-/m0/s1. The Morgan fingerprint density at radius 3 is 2.26 bits per heavy atom. The molecule has 2 aromatic carbocycles. The molecule has 0 amide bonds. The molecule has 2 rings (SSSR count). The molecule has 0 radical (unpaired) electrons. The van der Waals surface area contributed by atoms with Gasteiger partial charge in [-0.1, -0.05) is 11.6 Å². The van der Waals surface area contributed by atoms with Gasteiger partial charge in [0.1, 0.15) is 5.82 Å². The molecule has 5 heteroatoms. The highest BCUT2D eigenvalue weighted by atomic mass is 35.5. The summed E-state index contributed by atoms with van der Waals surface area (Å²) in [5.74, 6) is -1.51. The van der Waals surface area contributed by atoms with E-state index in [0.29, 0.717) is 10.6 Å². The summed E-state index contributed by atoms with van der Waals surface area (Å²) in [5.41, 5.74) is 10.2. The lowest BCUT2D eigenvalue weighted by Gasteiger charge is -2.17. The van der Waals surface area contributed by atoms with Crippen LogP contribution in [0.1, 0.15) is 34.7 Å². The Kier molecular flexibility index (Phi) is 5.07. The van der Waals surface area contributed by atoms with Crippen molar-refractivity contribution in [2.45, 2.75) is 33.2 Å². The summed E-state index contributed by atoms with van der Waals surface area (Å²) in [6.45, 7) is 5.52. The first-order chi connectivity index (χ1) is 10.7. The Morgan fingerprint density at radius 2 is 1.74 bits per heavy atom. The number of rotatable bonds is 4. The SMILES string of the molecule is Cc1cc(-c2c(C)cc(Cl)cc2C)cc([C@@H](N)CC(=O)O)c1F. The van der Waals surface area contributed by atoms with E-state index >= 15 is 0 Å². The Balaban J connectivity index is 2.62. The Bertz CT molecular complexity index is 751. The smallest absolute Gasteiger partial charge is 0.305 e. The summed E-state index contributed by atoms with van der Waals surface area (Å²) in [7, 11) is 0. The third-order valence-corrected chi connectivity index (χ3v) is 4.08. The second kappa shape index (κ2) is 6.69. The normalized spacial score (nSPS) is 12.3. The van der Waals surface area contributed by atoms with Gasteiger partial charge in [-0.3, -0.25) is 4.79 Å². The molecule has 0 spiro atoms. The summed E-state index contributed by atoms with van der Waals surface area (Å²) >= 11 is 6.06. The van der Waals surface area contributed by atoms with Crippen LogP contribution in [0.4, 0.5) is 4.39 Å². The van der Waals surface area contributed by atoms with E-state index in [0.717, 1.165) is 22.3 Å². The third kappa shape index (κ3) is 3.71. The van der Waals surface area contributed by atoms with Crippen LogP contribution in [0.3, 0.4) is 0 Å². The van der Waals surface area contributed by atoms with Crippen LogP contribution in [0.5, 0.6) is 0 Å². The average Bonchev–Trinajstić information content (AvgIpc) is 2.40. The van der Waals surface area contributed by atoms with E-state index < -0.39 is 17.8 Å². The first-order valence-corrected chi connectivity index (χ1v) is 7.63. The summed E-state index contributed by atoms with van der Waals surface area (Å²) in [4.78, 5) is 10.9. The molecule has 1 atom stereocenters. The van der Waals surface area contributed by atoms with Crippen molar-refractivity contribution in [3.8, 4) is 11.1 Å². The molecule has 3 nitrogen and oxygen atoms in total. The third-order valence-electron chi connectivity index (χ3n) is 3.86. The molecular formula is C18H19ClFNO2. The molecule has 0 heterocycles. The minimum absolute atomic E-state index is 0.219. The second-order valence-electron chi connectivity index (χ2n) is 5.82. The lowest BCUT2D eigenvalue weighted by atomic mass is 9.91. The Labute approximate surface area is 139 Å². The molecule has 0 aliphatic rings. The van der Waals surface area contributed by atoms with Crippen molar-refractivity contribution in [3.05, 3.63) is 57.4 Å². The van der Waals surface area contributed by atoms with Crippen LogP contribution in [0.25, 0.3) is 11.1 Å². The number of carboxylic acids is 1. The number of aryl methyl sites for hydroxylation is 3. The number of aliphatic carboxylic acids is 1. The number of nitrogens with two attached hydrogens (primary N) is 1. The zero-order valence-electron chi connectivity index (χ0n) is 13.3. The van der Waals surface area contributed by atoms with Gasteiger partial charge >= 0.3 is 5.97 Å². The van der Waals surface area contributed by atoms with Gasteiger partial charge in [-0.05, 0) is 72.9 Å². The van der Waals surface area contributed by atoms with Crippen molar-refractivity contribution in [1.82, 2.24) is 0 Å². The molecule has 0 aliphatic carbocycles. The summed E-state index contributed by atoms with van der Waals surface area (Å²) in [6, 6.07) is 6.19. The van der Waals surface area contributed by atoms with Crippen LogP contribution in [0.2, 0.25) is 5.02 Å². The number of benzene rings is 2. The number of carbonyl (C=O) groups is 1. The van der Waals surface area contributed by atoms with E-state index in [1.165, 1.54) is 0 Å². The van der Waals surface area contributed by atoms with Crippen LogP contribution in [0, 0.1) is 26.6 Å². The van der Waals surface area contributed by atoms with Crippen molar-refractivity contribution >= 4 is 17.6 Å². The van der Waals surface area contributed by atoms with Crippen LogP contribution in [-0.2, 0) is 4.79 Å². The second-order valence-corrected chi connectivity index (χ2v) is 6.25. The average molecular weight is 336 g/mol. The molecule has 0 bridgehead atoms. The van der Waals surface area contributed by atoms with E-state index in [9.17, 15) is 9.18 Å². The number of hydrogen-bond acceptors (Lipinski definition) is 2. The fourth-order valence-electron chi connectivity index (χ4n) is 2.88. The van der Waals surface area contributed by atoms with E-state index in [-0.39, 0.29) is 12.0 Å². The lowest BCUT2D eigenvalue weighted by Crippen LogP contribution is -2.17. The predicted octanol–water partition coefficient (Wildman–Crippen LogP) is 4.55. The molecule has 122 valence electrons. The molecule has 0 fully saturated rings. The maximum atomic E-state index is 14.4. The van der Waals surface area contributed by atoms with Gasteiger partial charge in [0.25, 0.3) is 0 Å². The highest BCUT2D eigenvalue weighted by molar-refractivity contribution is 6.30. The lowest BCUT2D eigenvalue weighted by molar-refractivity contribution is -0.137. The van der Waals surface area contributed by atoms with Gasteiger partial charge in [0.15, 0.2) is 0 Å². The number of carboxylic acid groups (broad SMARTS) is 1. The molecule has 0 saturated carbocycles. The highest BCUT2D eigenvalue weighted by Gasteiger charge is 2.19. The van der Waals surface area contributed by atoms with Crippen LogP contribution >= 0.6 is 11.6 Å². The molecule has 0 aliphatic heterocycles. The quantitative estimate of drug-likeness (QED) is 0.861. The molecule has 0 unspecified atom stereocenters. The Morgan fingerprint density at radius 1 is 1.17 bits per heavy atom. The van der Waals surface area contributed by atoms with Gasteiger partial charge in [0.05, 0.1) is 6.42 Å². The summed E-state index contributed by atoms with van der Waals surface area (Å²) in [6.07, 6.45) is -0.321. The van der Waals surface area contributed by atoms with Crippen LogP contribution in [0.15, 0.2) is 24.3 Å². The summed E-state index contributed by atoms with van der Waals surface area (Å²) in [5, 5.41) is 9.54. The van der Waals surface area contributed by atoms with Gasteiger partial charge in [-0.25, -0.2) is 4.39 Å². The first kappa shape index (κ1) is 17.4. The van der Waals surface area contributed by atoms with Crippen molar-refractivity contribution in [2.24, 2.45) is 5.73 Å². The topological polar surface area (TPSA) is 63.3 Å². The van der Waals surface area contributed by atoms with Gasteiger partial charge in [-0.15, -0.1) is 0 Å². The minimum atomic E-state index is -1.06. The van der Waals surface area contributed by atoms with E-state index in [1.807, 2.05) is 26.0 Å². The van der Waals surface area contributed by atoms with Gasteiger partial charge < -0.3 is 10.8 Å².